The Morgan fingerprint density at radius 3 is 2.57 bits per heavy atom. The van der Waals surface area contributed by atoms with Crippen molar-refractivity contribution in [3.63, 3.8) is 0 Å². The van der Waals surface area contributed by atoms with E-state index in [1.807, 2.05) is 12.1 Å². The molecule has 0 bridgehead atoms. The molecule has 1 aromatic carbocycles. The van der Waals surface area contributed by atoms with Crippen molar-refractivity contribution in [3.8, 4) is 0 Å². The zero-order chi connectivity index (χ0) is 10.4. The zero-order valence-electron chi connectivity index (χ0n) is 7.51. The Morgan fingerprint density at radius 2 is 2.07 bits per heavy atom. The van der Waals surface area contributed by atoms with Gasteiger partial charge in [0.1, 0.15) is 0 Å². The maximum absolute atomic E-state index is 5.75. The highest BCUT2D eigenvalue weighted by atomic mass is 35.5. The zero-order valence-corrected chi connectivity index (χ0v) is 9.09. The molecule has 0 heterocycles. The third-order valence-corrected chi connectivity index (χ3v) is 1.93. The van der Waals surface area contributed by atoms with Crippen molar-refractivity contribution in [3.05, 3.63) is 29.3 Å². The van der Waals surface area contributed by atoms with Crippen LogP contribution in [-0.4, -0.2) is 12.5 Å². The van der Waals surface area contributed by atoms with Crippen molar-refractivity contribution in [2.24, 2.45) is 10.3 Å². The second-order valence-corrected chi connectivity index (χ2v) is 3.00. The molecule has 0 aliphatic carbocycles. The van der Waals surface area contributed by atoms with Crippen molar-refractivity contribution in [1.29, 1.82) is 0 Å². The van der Waals surface area contributed by atoms with Crippen LogP contribution in [0.3, 0.4) is 0 Å². The van der Waals surface area contributed by atoms with E-state index in [4.69, 9.17) is 23.8 Å². The average Bonchev–Trinajstić information content (AvgIpc) is 2.21. The number of hydrogen-bond donors (Lipinski definition) is 1. The summed E-state index contributed by atoms with van der Waals surface area (Å²) in [6.07, 6.45) is 0. The largest absolute Gasteiger partial charge is 0.236 e. The summed E-state index contributed by atoms with van der Waals surface area (Å²) in [4.78, 5) is 0. The molecule has 0 fully saturated rings. The first-order valence-electron chi connectivity index (χ1n) is 3.82. The van der Waals surface area contributed by atoms with E-state index in [1.54, 1.807) is 24.2 Å². The van der Waals surface area contributed by atoms with Crippen molar-refractivity contribution in [2.75, 3.05) is 12.1 Å². The van der Waals surface area contributed by atoms with E-state index >= 15 is 0 Å². The van der Waals surface area contributed by atoms with Crippen molar-refractivity contribution in [1.82, 2.24) is 5.53 Å². The molecule has 0 amide bonds. The van der Waals surface area contributed by atoms with E-state index in [9.17, 15) is 0 Å². The van der Waals surface area contributed by atoms with Gasteiger partial charge in [-0.05, 0) is 24.3 Å². The number of benzene rings is 1. The molecule has 74 valence electrons. The molecule has 0 aromatic heterocycles. The topological polar surface area (TPSA) is 40.0 Å². The van der Waals surface area contributed by atoms with Gasteiger partial charge in [-0.25, -0.2) is 5.01 Å². The molecular weight excluding hydrogens is 220 g/mol. The van der Waals surface area contributed by atoms with Crippen LogP contribution in [0.25, 0.3) is 0 Å². The van der Waals surface area contributed by atoms with Crippen LogP contribution in [0, 0.1) is 0 Å². The Balaban J connectivity index is 2.78. The number of nitrogens with one attached hydrogen (secondary N) is 1. The van der Waals surface area contributed by atoms with Gasteiger partial charge in [-0.15, -0.1) is 0 Å². The third-order valence-electron chi connectivity index (χ3n) is 1.46. The first kappa shape index (κ1) is 10.9. The lowest BCUT2D eigenvalue weighted by atomic mass is 10.3. The molecule has 0 radical (unpaired) electrons. The van der Waals surface area contributed by atoms with Gasteiger partial charge >= 0.3 is 0 Å². The lowest BCUT2D eigenvalue weighted by molar-refractivity contribution is 0.727. The number of anilines is 1. The highest BCUT2D eigenvalue weighted by molar-refractivity contribution is 7.79. The van der Waals surface area contributed by atoms with Gasteiger partial charge < -0.3 is 0 Å². The lowest BCUT2D eigenvalue weighted by Gasteiger charge is -2.16. The van der Waals surface area contributed by atoms with Gasteiger partial charge in [0.05, 0.1) is 18.2 Å². The molecule has 6 heteroatoms. The summed E-state index contributed by atoms with van der Waals surface area (Å²) in [6.45, 7) is 0. The summed E-state index contributed by atoms with van der Waals surface area (Å²) < 4.78 is 0. The van der Waals surface area contributed by atoms with Crippen LogP contribution in [0.1, 0.15) is 0 Å². The van der Waals surface area contributed by atoms with Gasteiger partial charge in [-0.1, -0.05) is 29.0 Å². The molecule has 1 aromatic rings. The van der Waals surface area contributed by atoms with Crippen LogP contribution in [0.2, 0.25) is 5.02 Å². The van der Waals surface area contributed by atoms with E-state index < -0.39 is 0 Å². The van der Waals surface area contributed by atoms with Crippen LogP contribution in [0.4, 0.5) is 5.69 Å². The van der Waals surface area contributed by atoms with E-state index in [2.05, 4.69) is 15.9 Å². The lowest BCUT2D eigenvalue weighted by Crippen LogP contribution is -2.31. The molecule has 0 spiro atoms. The summed E-state index contributed by atoms with van der Waals surface area (Å²) in [5, 5.41) is 9.39. The Hall–Kier alpha value is -1.20. The van der Waals surface area contributed by atoms with Crippen molar-refractivity contribution >= 4 is 35.0 Å². The molecule has 0 aliphatic rings. The van der Waals surface area contributed by atoms with E-state index in [0.29, 0.717) is 5.02 Å². The monoisotopic (exact) mass is 228 g/mol. The molecule has 14 heavy (non-hydrogen) atoms. The number of nitrogens with zero attached hydrogens (tertiary/aromatic N) is 3. The fourth-order valence-electron chi connectivity index (χ4n) is 0.837. The first-order chi connectivity index (χ1) is 6.77. The molecule has 1 N–H and O–H groups in total. The third kappa shape index (κ3) is 2.93. The van der Waals surface area contributed by atoms with Crippen LogP contribution in [0.5, 0.6) is 0 Å². The number of thiocarbonyl (C=S) groups is 1. The standard InChI is InChI=1S/C8H9ClN4S/c1-10-11-12-13(6-14)8-4-2-7(9)3-5-8/h2-6H,1H3,(H,10,12). The number of hydrogen-bond acceptors (Lipinski definition) is 3. The minimum atomic E-state index is 0.676. The van der Waals surface area contributed by atoms with Gasteiger partial charge in [-0.2, -0.15) is 10.6 Å². The van der Waals surface area contributed by atoms with Gasteiger partial charge in [0.2, 0.25) is 0 Å². The van der Waals surface area contributed by atoms with Crippen molar-refractivity contribution in [2.45, 2.75) is 0 Å². The SMILES string of the molecule is CN=NNN(C=S)c1ccc(Cl)cc1. The molecule has 0 saturated carbocycles. The van der Waals surface area contributed by atoms with Crippen LogP contribution in [-0.2, 0) is 0 Å². The maximum atomic E-state index is 5.75. The fraction of sp³-hybridized carbons (Fsp3) is 0.125. The van der Waals surface area contributed by atoms with Gasteiger partial charge in [0.25, 0.3) is 0 Å². The number of rotatable bonds is 4. The second kappa shape index (κ2) is 5.51. The maximum Gasteiger partial charge on any atom is 0.0914 e. The summed E-state index contributed by atoms with van der Waals surface area (Å²) in [5.41, 5.74) is 4.92. The number of halogens is 1. The Kier molecular flexibility index (Phi) is 4.28. The van der Waals surface area contributed by atoms with Crippen LogP contribution in [0.15, 0.2) is 34.6 Å². The van der Waals surface area contributed by atoms with E-state index in [1.165, 1.54) is 5.49 Å². The minimum absolute atomic E-state index is 0.676. The molecule has 0 unspecified atom stereocenters. The Bertz CT molecular complexity index is 325. The summed E-state index contributed by atoms with van der Waals surface area (Å²) in [6, 6.07) is 7.19. The molecular formula is C8H9ClN4S. The normalized spacial score (nSPS) is 10.1. The second-order valence-electron chi connectivity index (χ2n) is 2.35. The van der Waals surface area contributed by atoms with Gasteiger partial charge in [0, 0.05) is 5.02 Å². The first-order valence-corrected chi connectivity index (χ1v) is 4.67. The predicted molar refractivity (Wildman–Crippen MR) is 61.5 cm³/mol. The summed E-state index contributed by atoms with van der Waals surface area (Å²) in [7, 11) is 1.57. The van der Waals surface area contributed by atoms with Gasteiger partial charge in [0.15, 0.2) is 0 Å². The molecule has 0 aliphatic heterocycles. The Morgan fingerprint density at radius 1 is 1.43 bits per heavy atom. The van der Waals surface area contributed by atoms with Gasteiger partial charge in [-0.3, -0.25) is 0 Å². The highest BCUT2D eigenvalue weighted by Gasteiger charge is 2.00. The Labute approximate surface area is 92.5 Å². The number of hydrazine groups is 1. The predicted octanol–water partition coefficient (Wildman–Crippen LogP) is 2.61. The highest BCUT2D eigenvalue weighted by Crippen LogP contribution is 2.15. The van der Waals surface area contributed by atoms with E-state index in [0.717, 1.165) is 5.69 Å². The molecule has 1 rings (SSSR count). The molecule has 4 nitrogen and oxygen atoms in total. The minimum Gasteiger partial charge on any atom is -0.236 e. The van der Waals surface area contributed by atoms with Crippen LogP contribution < -0.4 is 10.5 Å². The quantitative estimate of drug-likeness (QED) is 0.489. The van der Waals surface area contributed by atoms with Crippen LogP contribution >= 0.6 is 23.8 Å². The summed E-state index contributed by atoms with van der Waals surface area (Å²) in [5.74, 6) is 0. The summed E-state index contributed by atoms with van der Waals surface area (Å²) >= 11 is 10.6. The molecule has 0 saturated heterocycles. The fourth-order valence-corrected chi connectivity index (χ4v) is 1.13. The van der Waals surface area contributed by atoms with E-state index in [-0.39, 0.29) is 0 Å². The molecule has 0 atom stereocenters. The average molecular weight is 229 g/mol. The van der Waals surface area contributed by atoms with Crippen molar-refractivity contribution < 1.29 is 0 Å². The smallest absolute Gasteiger partial charge is 0.0914 e.